The first-order valence-corrected chi connectivity index (χ1v) is 12.3. The Kier molecular flexibility index (Phi) is 4.36. The minimum absolute atomic E-state index is 0.118. The van der Waals surface area contributed by atoms with Crippen molar-refractivity contribution in [1.82, 2.24) is 0 Å². The van der Waals surface area contributed by atoms with Crippen LogP contribution in [0, 0.1) is 51.2 Å². The van der Waals surface area contributed by atoms with Crippen molar-refractivity contribution in [3.05, 3.63) is 23.8 Å². The van der Waals surface area contributed by atoms with Gasteiger partial charge in [0.15, 0.2) is 0 Å². The number of hydrogen-bond acceptors (Lipinski definition) is 2. The molecule has 0 aromatic rings. The van der Waals surface area contributed by atoms with E-state index in [1.54, 1.807) is 5.57 Å². The van der Waals surface area contributed by atoms with E-state index >= 15 is 0 Å². The SMILES string of the molecule is C=C1C=C2C3(CCC4(CCCC4)C3CO)CC(CCO)C(C)C2(C)C2C1C2(C)C. The van der Waals surface area contributed by atoms with Crippen LogP contribution in [0.15, 0.2) is 23.8 Å². The average molecular weight is 399 g/mol. The standard InChI is InChI=1S/C27H42O2/c1-17-14-20-25(5,23-22(17)24(23,3)4)18(2)19(8-13-28)15-27(20)12-11-26(21(27)16-29)9-6-7-10-26/h14,18-19,21-23,28-29H,1,6-13,15-16H2,2-5H3. The van der Waals surface area contributed by atoms with Crippen LogP contribution in [0.1, 0.15) is 79.1 Å². The summed E-state index contributed by atoms with van der Waals surface area (Å²) in [5.41, 5.74) is 3.98. The molecule has 7 atom stereocenters. The molecule has 7 unspecified atom stereocenters. The molecule has 2 N–H and O–H groups in total. The Balaban J connectivity index is 1.67. The number of rotatable bonds is 3. The number of aliphatic hydroxyl groups is 2. The Bertz CT molecular complexity index is 742. The van der Waals surface area contributed by atoms with Crippen LogP contribution in [0.2, 0.25) is 0 Å². The third-order valence-corrected chi connectivity index (χ3v) is 11.4. The van der Waals surface area contributed by atoms with Crippen molar-refractivity contribution in [2.45, 2.75) is 79.1 Å². The van der Waals surface area contributed by atoms with Crippen LogP contribution in [-0.4, -0.2) is 23.4 Å². The Morgan fingerprint density at radius 1 is 1.07 bits per heavy atom. The smallest absolute Gasteiger partial charge is 0.0473 e. The Hall–Kier alpha value is -0.600. The first-order chi connectivity index (χ1) is 13.7. The first-order valence-electron chi connectivity index (χ1n) is 12.3. The summed E-state index contributed by atoms with van der Waals surface area (Å²) in [4.78, 5) is 0. The number of allylic oxidation sites excluding steroid dienone is 3. The molecule has 0 radical (unpaired) electrons. The van der Waals surface area contributed by atoms with Gasteiger partial charge in [-0.2, -0.15) is 0 Å². The van der Waals surface area contributed by atoms with E-state index in [2.05, 4.69) is 40.3 Å². The van der Waals surface area contributed by atoms with Gasteiger partial charge in [0.25, 0.3) is 0 Å². The summed E-state index contributed by atoms with van der Waals surface area (Å²) in [5.74, 6) is 2.79. The van der Waals surface area contributed by atoms with Crippen LogP contribution in [-0.2, 0) is 0 Å². The van der Waals surface area contributed by atoms with Gasteiger partial charge in [-0.25, -0.2) is 0 Å². The summed E-state index contributed by atoms with van der Waals surface area (Å²) in [7, 11) is 0. The monoisotopic (exact) mass is 398 g/mol. The summed E-state index contributed by atoms with van der Waals surface area (Å²) in [5, 5.41) is 20.7. The lowest BCUT2D eigenvalue weighted by molar-refractivity contribution is -0.0385. The normalized spacial score (nSPS) is 49.2. The van der Waals surface area contributed by atoms with Gasteiger partial charge < -0.3 is 10.2 Å². The molecule has 0 saturated heterocycles. The second-order valence-electron chi connectivity index (χ2n) is 12.4. The van der Waals surface area contributed by atoms with Gasteiger partial charge in [0, 0.05) is 13.2 Å². The fourth-order valence-corrected chi connectivity index (χ4v) is 10.0. The van der Waals surface area contributed by atoms with Gasteiger partial charge in [-0.3, -0.25) is 0 Å². The maximum Gasteiger partial charge on any atom is 0.0473 e. The second kappa shape index (κ2) is 6.22. The zero-order chi connectivity index (χ0) is 20.8. The molecule has 29 heavy (non-hydrogen) atoms. The highest BCUT2D eigenvalue weighted by atomic mass is 16.3. The molecule has 5 aliphatic rings. The Morgan fingerprint density at radius 3 is 2.38 bits per heavy atom. The third kappa shape index (κ3) is 2.31. The largest absolute Gasteiger partial charge is 0.396 e. The molecule has 0 aromatic carbocycles. The molecule has 4 saturated carbocycles. The first kappa shape index (κ1) is 20.3. The summed E-state index contributed by atoms with van der Waals surface area (Å²) in [6, 6.07) is 0. The lowest BCUT2D eigenvalue weighted by atomic mass is 9.45. The molecule has 0 heterocycles. The van der Waals surface area contributed by atoms with E-state index in [0.717, 1.165) is 12.8 Å². The van der Waals surface area contributed by atoms with Gasteiger partial charge in [-0.1, -0.05) is 64.3 Å². The van der Waals surface area contributed by atoms with Crippen molar-refractivity contribution in [3.63, 3.8) is 0 Å². The summed E-state index contributed by atoms with van der Waals surface area (Å²) in [6.45, 7) is 15.1. The molecule has 5 rings (SSSR count). The topological polar surface area (TPSA) is 40.5 Å². The maximum atomic E-state index is 10.8. The van der Waals surface area contributed by atoms with Crippen molar-refractivity contribution < 1.29 is 10.2 Å². The quantitative estimate of drug-likeness (QED) is 0.635. The number of hydrogen-bond donors (Lipinski definition) is 2. The van der Waals surface area contributed by atoms with Crippen LogP contribution >= 0.6 is 0 Å². The van der Waals surface area contributed by atoms with Crippen molar-refractivity contribution in [2.75, 3.05) is 13.2 Å². The van der Waals surface area contributed by atoms with E-state index in [9.17, 15) is 10.2 Å². The Labute approximate surface area is 177 Å². The van der Waals surface area contributed by atoms with Crippen LogP contribution < -0.4 is 0 Å². The van der Waals surface area contributed by atoms with E-state index in [1.807, 2.05) is 0 Å². The van der Waals surface area contributed by atoms with Crippen LogP contribution in [0.3, 0.4) is 0 Å². The van der Waals surface area contributed by atoms with Crippen molar-refractivity contribution in [1.29, 1.82) is 0 Å². The number of fused-ring (bicyclic) bond motifs is 4. The molecule has 162 valence electrons. The van der Waals surface area contributed by atoms with E-state index < -0.39 is 0 Å². The minimum Gasteiger partial charge on any atom is -0.396 e. The van der Waals surface area contributed by atoms with Crippen LogP contribution in [0.4, 0.5) is 0 Å². The predicted octanol–water partition coefficient (Wildman–Crippen LogP) is 5.75. The molecule has 4 fully saturated rings. The van der Waals surface area contributed by atoms with E-state index in [4.69, 9.17) is 0 Å². The molecule has 0 aromatic heterocycles. The molecule has 2 heteroatoms. The molecule has 0 aliphatic heterocycles. The highest BCUT2D eigenvalue weighted by molar-refractivity contribution is 5.48. The van der Waals surface area contributed by atoms with Gasteiger partial charge in [0.2, 0.25) is 0 Å². The predicted molar refractivity (Wildman–Crippen MR) is 118 cm³/mol. The molecular weight excluding hydrogens is 356 g/mol. The van der Waals surface area contributed by atoms with Crippen LogP contribution in [0.5, 0.6) is 0 Å². The van der Waals surface area contributed by atoms with E-state index in [1.165, 1.54) is 44.1 Å². The van der Waals surface area contributed by atoms with Crippen molar-refractivity contribution >= 4 is 0 Å². The van der Waals surface area contributed by atoms with Crippen molar-refractivity contribution in [2.24, 2.45) is 51.2 Å². The summed E-state index contributed by atoms with van der Waals surface area (Å²) >= 11 is 0. The molecular formula is C27H42O2. The second-order valence-corrected chi connectivity index (χ2v) is 12.4. The summed E-state index contributed by atoms with van der Waals surface area (Å²) < 4.78 is 0. The summed E-state index contributed by atoms with van der Waals surface area (Å²) in [6.07, 6.45) is 12.4. The molecule has 0 amide bonds. The molecule has 2 spiro atoms. The molecule has 2 nitrogen and oxygen atoms in total. The van der Waals surface area contributed by atoms with Crippen LogP contribution in [0.25, 0.3) is 0 Å². The minimum atomic E-state index is 0.118. The van der Waals surface area contributed by atoms with E-state index in [-0.39, 0.29) is 10.8 Å². The lowest BCUT2D eigenvalue weighted by Crippen LogP contribution is -2.53. The highest BCUT2D eigenvalue weighted by Gasteiger charge is 2.74. The van der Waals surface area contributed by atoms with Gasteiger partial charge in [-0.05, 0) is 89.8 Å². The molecule has 0 bridgehead atoms. The van der Waals surface area contributed by atoms with Crippen molar-refractivity contribution in [3.8, 4) is 0 Å². The fourth-order valence-electron chi connectivity index (χ4n) is 10.0. The van der Waals surface area contributed by atoms with Gasteiger partial charge in [0.05, 0.1) is 0 Å². The fraction of sp³-hybridized carbons (Fsp3) is 0.852. The van der Waals surface area contributed by atoms with Gasteiger partial charge in [-0.15, -0.1) is 0 Å². The Morgan fingerprint density at radius 2 is 1.76 bits per heavy atom. The molecule has 5 aliphatic carbocycles. The number of aliphatic hydroxyl groups excluding tert-OH is 2. The third-order valence-electron chi connectivity index (χ3n) is 11.4. The maximum absolute atomic E-state index is 10.8. The van der Waals surface area contributed by atoms with E-state index in [0.29, 0.717) is 53.6 Å². The lowest BCUT2D eigenvalue weighted by Gasteiger charge is -2.59. The zero-order valence-electron chi connectivity index (χ0n) is 19.1. The zero-order valence-corrected chi connectivity index (χ0v) is 19.1. The highest BCUT2D eigenvalue weighted by Crippen LogP contribution is 2.81. The van der Waals surface area contributed by atoms with Gasteiger partial charge in [0.1, 0.15) is 0 Å². The van der Waals surface area contributed by atoms with Gasteiger partial charge >= 0.3 is 0 Å². The average Bonchev–Trinajstić information content (AvgIpc) is 2.99.